The van der Waals surface area contributed by atoms with E-state index in [-0.39, 0.29) is 11.4 Å². The number of nitrogens with zero attached hydrogens (tertiary/aromatic N) is 3. The van der Waals surface area contributed by atoms with Gasteiger partial charge in [-0.15, -0.1) is 0 Å². The smallest absolute Gasteiger partial charge is 0.253 e. The van der Waals surface area contributed by atoms with Gasteiger partial charge < -0.3 is 15.2 Å². The number of anilines is 1. The number of aromatic amines is 1. The van der Waals surface area contributed by atoms with Crippen LogP contribution >= 0.6 is 11.8 Å². The minimum Gasteiger partial charge on any atom is -0.383 e. The highest BCUT2D eigenvalue weighted by Crippen LogP contribution is 2.21. The van der Waals surface area contributed by atoms with E-state index in [0.29, 0.717) is 22.6 Å². The summed E-state index contributed by atoms with van der Waals surface area (Å²) in [6.45, 7) is 2.02. The number of thioether (sulfide) groups is 1. The van der Waals surface area contributed by atoms with Crippen molar-refractivity contribution in [3.63, 3.8) is 0 Å². The molecule has 3 aromatic rings. The van der Waals surface area contributed by atoms with Gasteiger partial charge >= 0.3 is 0 Å². The van der Waals surface area contributed by atoms with E-state index >= 15 is 0 Å². The van der Waals surface area contributed by atoms with Crippen LogP contribution in [-0.4, -0.2) is 20.1 Å². The summed E-state index contributed by atoms with van der Waals surface area (Å²) in [6, 6.07) is 9.08. The molecule has 0 atom stereocenters. The Bertz CT molecular complexity index is 841. The van der Waals surface area contributed by atoms with Crippen LogP contribution in [0.5, 0.6) is 0 Å². The number of rotatable bonds is 4. The van der Waals surface area contributed by atoms with Crippen LogP contribution in [0.4, 0.5) is 5.82 Å². The molecule has 0 unspecified atom stereocenters. The van der Waals surface area contributed by atoms with E-state index in [9.17, 15) is 4.79 Å². The molecule has 0 aliphatic carbocycles. The topological polar surface area (TPSA) is 111 Å². The van der Waals surface area contributed by atoms with Crippen molar-refractivity contribution in [1.82, 2.24) is 20.1 Å². The van der Waals surface area contributed by atoms with E-state index < -0.39 is 0 Å². The van der Waals surface area contributed by atoms with E-state index in [4.69, 9.17) is 10.3 Å². The lowest BCUT2D eigenvalue weighted by Crippen LogP contribution is -2.09. The second kappa shape index (κ2) is 6.02. The second-order valence-electron chi connectivity index (χ2n) is 4.64. The Hall–Kier alpha value is -2.61. The molecule has 0 aliphatic heterocycles. The Labute approximate surface area is 130 Å². The van der Waals surface area contributed by atoms with Gasteiger partial charge in [0.05, 0.1) is 5.75 Å². The van der Waals surface area contributed by atoms with Crippen LogP contribution in [-0.2, 0) is 5.75 Å². The van der Waals surface area contributed by atoms with Gasteiger partial charge in [0.2, 0.25) is 11.7 Å². The van der Waals surface area contributed by atoms with Crippen LogP contribution in [0.2, 0.25) is 0 Å². The molecule has 3 N–H and O–H groups in total. The molecule has 1 aromatic carbocycles. The lowest BCUT2D eigenvalue weighted by atomic mass is 10.1. The first-order chi connectivity index (χ1) is 10.6. The molecule has 0 aliphatic rings. The third-order valence-corrected chi connectivity index (χ3v) is 3.71. The third-order valence-electron chi connectivity index (χ3n) is 2.85. The quantitative estimate of drug-likeness (QED) is 0.559. The van der Waals surface area contributed by atoms with Crippen LogP contribution in [0.15, 0.2) is 44.8 Å². The van der Waals surface area contributed by atoms with Crippen molar-refractivity contribution in [3.05, 3.63) is 52.1 Å². The molecule has 8 heteroatoms. The molecule has 2 heterocycles. The number of H-pyrrole nitrogens is 1. The SMILES string of the molecule is Cc1ccc(-c2noc(CSc3nc(N)cc(=O)[nH]3)n2)cc1. The number of nitrogen functional groups attached to an aromatic ring is 1. The van der Waals surface area contributed by atoms with E-state index in [1.165, 1.54) is 23.4 Å². The maximum atomic E-state index is 11.3. The van der Waals surface area contributed by atoms with E-state index in [1.54, 1.807) is 0 Å². The number of hydrogen-bond donors (Lipinski definition) is 2. The fourth-order valence-corrected chi connectivity index (χ4v) is 2.51. The molecule has 0 bridgehead atoms. The van der Waals surface area contributed by atoms with Crippen molar-refractivity contribution < 1.29 is 4.52 Å². The van der Waals surface area contributed by atoms with Crippen molar-refractivity contribution in [2.45, 2.75) is 17.8 Å². The Kier molecular flexibility index (Phi) is 3.92. The normalized spacial score (nSPS) is 10.8. The molecule has 22 heavy (non-hydrogen) atoms. The van der Waals surface area contributed by atoms with Gasteiger partial charge in [0.1, 0.15) is 5.82 Å². The molecular weight excluding hydrogens is 302 g/mol. The van der Waals surface area contributed by atoms with Gasteiger partial charge in [-0.1, -0.05) is 46.7 Å². The monoisotopic (exact) mass is 315 g/mol. The first kappa shape index (κ1) is 14.3. The van der Waals surface area contributed by atoms with Crippen molar-refractivity contribution >= 4 is 17.6 Å². The lowest BCUT2D eigenvalue weighted by Gasteiger charge is -1.98. The predicted molar refractivity (Wildman–Crippen MR) is 83.3 cm³/mol. The van der Waals surface area contributed by atoms with E-state index in [1.807, 2.05) is 31.2 Å². The summed E-state index contributed by atoms with van der Waals surface area (Å²) in [5.74, 6) is 1.55. The van der Waals surface area contributed by atoms with Crippen LogP contribution < -0.4 is 11.3 Å². The van der Waals surface area contributed by atoms with Gasteiger partial charge in [-0.05, 0) is 6.92 Å². The maximum Gasteiger partial charge on any atom is 0.253 e. The third kappa shape index (κ3) is 3.34. The van der Waals surface area contributed by atoms with E-state index in [0.717, 1.165) is 5.56 Å². The summed E-state index contributed by atoms with van der Waals surface area (Å²) < 4.78 is 5.20. The summed E-state index contributed by atoms with van der Waals surface area (Å²) in [5, 5.41) is 4.36. The number of hydrogen-bond acceptors (Lipinski definition) is 7. The molecule has 0 radical (unpaired) electrons. The highest BCUT2D eigenvalue weighted by atomic mass is 32.2. The highest BCUT2D eigenvalue weighted by Gasteiger charge is 2.10. The van der Waals surface area contributed by atoms with Crippen LogP contribution in [0.1, 0.15) is 11.5 Å². The molecule has 7 nitrogen and oxygen atoms in total. The Balaban J connectivity index is 1.71. The standard InChI is InChI=1S/C14H13N5O2S/c1-8-2-4-9(5-3-8)13-18-12(21-19-13)7-22-14-16-10(15)6-11(20)17-14/h2-6H,7H2,1H3,(H3,15,16,17,20). The first-order valence-corrected chi connectivity index (χ1v) is 7.48. The molecule has 0 saturated carbocycles. The predicted octanol–water partition coefficient (Wildman–Crippen LogP) is 2.00. The highest BCUT2D eigenvalue weighted by molar-refractivity contribution is 7.98. The summed E-state index contributed by atoms with van der Waals surface area (Å²) >= 11 is 1.27. The van der Waals surface area contributed by atoms with Crippen LogP contribution in [0, 0.1) is 6.92 Å². The largest absolute Gasteiger partial charge is 0.383 e. The molecule has 0 fully saturated rings. The molecule has 3 rings (SSSR count). The minimum atomic E-state index is -0.291. The molecular formula is C14H13N5O2S. The molecule has 2 aromatic heterocycles. The number of nitrogens with two attached hydrogens (primary N) is 1. The number of nitrogens with one attached hydrogen (secondary N) is 1. The summed E-state index contributed by atoms with van der Waals surface area (Å²) in [4.78, 5) is 22.2. The molecule has 0 amide bonds. The zero-order valence-electron chi connectivity index (χ0n) is 11.7. The van der Waals surface area contributed by atoms with Gasteiger partial charge in [0.25, 0.3) is 5.56 Å². The van der Waals surface area contributed by atoms with E-state index in [2.05, 4.69) is 20.1 Å². The van der Waals surface area contributed by atoms with Crippen molar-refractivity contribution in [3.8, 4) is 11.4 Å². The number of aryl methyl sites for hydroxylation is 1. The molecule has 112 valence electrons. The second-order valence-corrected chi connectivity index (χ2v) is 5.61. The first-order valence-electron chi connectivity index (χ1n) is 6.49. The minimum absolute atomic E-state index is 0.178. The fourth-order valence-electron chi connectivity index (χ4n) is 1.79. The average molecular weight is 315 g/mol. The van der Waals surface area contributed by atoms with Gasteiger partial charge in [-0.25, -0.2) is 4.98 Å². The summed E-state index contributed by atoms with van der Waals surface area (Å²) in [7, 11) is 0. The number of aromatic nitrogens is 4. The van der Waals surface area contributed by atoms with Crippen molar-refractivity contribution in [2.24, 2.45) is 0 Å². The number of benzene rings is 1. The van der Waals surface area contributed by atoms with Crippen LogP contribution in [0.25, 0.3) is 11.4 Å². The summed E-state index contributed by atoms with van der Waals surface area (Å²) in [5.41, 5.74) is 7.29. The van der Waals surface area contributed by atoms with Crippen LogP contribution in [0.3, 0.4) is 0 Å². The maximum absolute atomic E-state index is 11.3. The average Bonchev–Trinajstić information content (AvgIpc) is 2.94. The zero-order valence-corrected chi connectivity index (χ0v) is 12.6. The Morgan fingerprint density at radius 3 is 2.77 bits per heavy atom. The Morgan fingerprint density at radius 2 is 2.05 bits per heavy atom. The van der Waals surface area contributed by atoms with Gasteiger partial charge in [-0.3, -0.25) is 4.79 Å². The molecule has 0 saturated heterocycles. The van der Waals surface area contributed by atoms with Gasteiger partial charge in [0, 0.05) is 11.6 Å². The van der Waals surface area contributed by atoms with Crippen molar-refractivity contribution in [2.75, 3.05) is 5.73 Å². The Morgan fingerprint density at radius 1 is 1.27 bits per heavy atom. The molecule has 0 spiro atoms. The van der Waals surface area contributed by atoms with Gasteiger partial charge in [0.15, 0.2) is 5.16 Å². The van der Waals surface area contributed by atoms with Gasteiger partial charge in [-0.2, -0.15) is 4.98 Å². The summed E-state index contributed by atoms with van der Waals surface area (Å²) in [6.07, 6.45) is 0. The van der Waals surface area contributed by atoms with Crippen molar-refractivity contribution in [1.29, 1.82) is 0 Å². The fraction of sp³-hybridized carbons (Fsp3) is 0.143. The zero-order chi connectivity index (χ0) is 15.5. The lowest BCUT2D eigenvalue weighted by molar-refractivity contribution is 0.391.